The minimum Gasteiger partial charge on any atom is -0.377 e. The SMILES string of the molecule is CO[Si](OC)(OC)C1CCC(C(C)(C)C)CC1. The molecule has 0 N–H and O–H groups in total. The Morgan fingerprint density at radius 1 is 0.824 bits per heavy atom. The largest absolute Gasteiger partial charge is 0.503 e. The van der Waals surface area contributed by atoms with E-state index in [9.17, 15) is 0 Å². The van der Waals surface area contributed by atoms with Crippen LogP contribution in [0.2, 0.25) is 5.54 Å². The first-order chi connectivity index (χ1) is 7.89. The molecule has 0 saturated heterocycles. The summed E-state index contributed by atoms with van der Waals surface area (Å²) < 4.78 is 16.8. The second kappa shape index (κ2) is 5.82. The van der Waals surface area contributed by atoms with Crippen LogP contribution >= 0.6 is 0 Å². The molecule has 0 aromatic heterocycles. The zero-order chi connectivity index (χ0) is 13.1. The van der Waals surface area contributed by atoms with Gasteiger partial charge < -0.3 is 13.3 Å². The van der Waals surface area contributed by atoms with Crippen molar-refractivity contribution in [1.29, 1.82) is 0 Å². The monoisotopic (exact) mass is 260 g/mol. The summed E-state index contributed by atoms with van der Waals surface area (Å²) >= 11 is 0. The minimum atomic E-state index is -2.41. The smallest absolute Gasteiger partial charge is 0.377 e. The van der Waals surface area contributed by atoms with Crippen molar-refractivity contribution in [2.24, 2.45) is 11.3 Å². The maximum absolute atomic E-state index is 5.59. The van der Waals surface area contributed by atoms with E-state index in [-0.39, 0.29) is 0 Å². The molecule has 0 bridgehead atoms. The molecule has 0 spiro atoms. The van der Waals surface area contributed by atoms with Gasteiger partial charge in [-0.3, -0.25) is 0 Å². The predicted octanol–water partition coefficient (Wildman–Crippen LogP) is 3.47. The van der Waals surface area contributed by atoms with Crippen LogP contribution in [0.4, 0.5) is 0 Å². The zero-order valence-electron chi connectivity index (χ0n) is 12.2. The van der Waals surface area contributed by atoms with Crippen LogP contribution in [-0.4, -0.2) is 30.1 Å². The summed E-state index contributed by atoms with van der Waals surface area (Å²) in [7, 11) is 2.75. The molecule has 4 heteroatoms. The van der Waals surface area contributed by atoms with E-state index in [0.717, 1.165) is 5.92 Å². The molecule has 0 heterocycles. The highest BCUT2D eigenvalue weighted by atomic mass is 28.4. The Balaban J connectivity index is 2.62. The topological polar surface area (TPSA) is 27.7 Å². The maximum atomic E-state index is 5.59. The van der Waals surface area contributed by atoms with Crippen molar-refractivity contribution in [2.45, 2.75) is 52.0 Å². The van der Waals surface area contributed by atoms with Gasteiger partial charge in [0.15, 0.2) is 0 Å². The second-order valence-corrected chi connectivity index (χ2v) is 9.38. The van der Waals surface area contributed by atoms with Crippen LogP contribution in [0, 0.1) is 11.3 Å². The van der Waals surface area contributed by atoms with Crippen molar-refractivity contribution in [2.75, 3.05) is 21.3 Å². The average molecular weight is 260 g/mol. The molecular formula is C13H28O3Si. The van der Waals surface area contributed by atoms with Gasteiger partial charge in [-0.25, -0.2) is 0 Å². The van der Waals surface area contributed by atoms with E-state index in [0.29, 0.717) is 11.0 Å². The summed E-state index contributed by atoms with van der Waals surface area (Å²) in [6.45, 7) is 7.02. The van der Waals surface area contributed by atoms with Crippen LogP contribution in [0.15, 0.2) is 0 Å². The molecule has 1 fully saturated rings. The summed E-state index contributed by atoms with van der Waals surface area (Å²) in [5.74, 6) is 0.816. The van der Waals surface area contributed by atoms with E-state index in [1.165, 1.54) is 25.7 Å². The highest BCUT2D eigenvalue weighted by Crippen LogP contribution is 2.45. The van der Waals surface area contributed by atoms with Crippen LogP contribution in [0.5, 0.6) is 0 Å². The van der Waals surface area contributed by atoms with Crippen LogP contribution in [0.3, 0.4) is 0 Å². The van der Waals surface area contributed by atoms with Gasteiger partial charge in [-0.15, -0.1) is 0 Å². The highest BCUT2D eigenvalue weighted by molar-refractivity contribution is 6.62. The Kier molecular flexibility index (Phi) is 5.19. The fourth-order valence-corrected chi connectivity index (χ4v) is 5.60. The molecule has 1 saturated carbocycles. The summed E-state index contributed by atoms with van der Waals surface area (Å²) in [6, 6.07) is 0. The summed E-state index contributed by atoms with van der Waals surface area (Å²) in [5.41, 5.74) is 0.892. The first-order valence-corrected chi connectivity index (χ1v) is 8.35. The predicted molar refractivity (Wildman–Crippen MR) is 71.9 cm³/mol. The average Bonchev–Trinajstić information content (AvgIpc) is 2.32. The lowest BCUT2D eigenvalue weighted by molar-refractivity contribution is 0.0905. The Hall–Kier alpha value is 0.0969. The Morgan fingerprint density at radius 3 is 1.53 bits per heavy atom. The van der Waals surface area contributed by atoms with Gasteiger partial charge in [-0.05, 0) is 37.0 Å². The lowest BCUT2D eigenvalue weighted by Gasteiger charge is -2.41. The van der Waals surface area contributed by atoms with E-state index in [1.807, 2.05) is 0 Å². The first-order valence-electron chi connectivity index (χ1n) is 6.55. The van der Waals surface area contributed by atoms with Gasteiger partial charge in [0, 0.05) is 26.9 Å². The lowest BCUT2D eigenvalue weighted by Crippen LogP contribution is -2.49. The fraction of sp³-hybridized carbons (Fsp3) is 1.00. The Labute approximate surface area is 107 Å². The Bertz CT molecular complexity index is 217. The van der Waals surface area contributed by atoms with Crippen molar-refractivity contribution in [3.8, 4) is 0 Å². The molecule has 1 rings (SSSR count). The summed E-state index contributed by atoms with van der Waals surface area (Å²) in [4.78, 5) is 0. The third-order valence-corrected chi connectivity index (χ3v) is 7.59. The van der Waals surface area contributed by atoms with Gasteiger partial charge in [0.1, 0.15) is 0 Å². The van der Waals surface area contributed by atoms with E-state index in [1.54, 1.807) is 21.3 Å². The second-order valence-electron chi connectivity index (χ2n) is 6.13. The number of hydrogen-bond acceptors (Lipinski definition) is 3. The molecule has 1 aliphatic carbocycles. The molecule has 102 valence electrons. The zero-order valence-corrected chi connectivity index (χ0v) is 13.2. The highest BCUT2D eigenvalue weighted by Gasteiger charge is 2.49. The van der Waals surface area contributed by atoms with Crippen molar-refractivity contribution < 1.29 is 13.3 Å². The quantitative estimate of drug-likeness (QED) is 0.724. The first kappa shape index (κ1) is 15.2. The van der Waals surface area contributed by atoms with Gasteiger partial charge in [-0.2, -0.15) is 0 Å². The molecule has 0 aromatic carbocycles. The fourth-order valence-electron chi connectivity index (χ4n) is 3.06. The summed E-state index contributed by atoms with van der Waals surface area (Å²) in [5, 5.41) is 0. The normalized spacial score (nSPS) is 27.2. The van der Waals surface area contributed by atoms with Crippen LogP contribution < -0.4 is 0 Å². The molecule has 0 unspecified atom stereocenters. The lowest BCUT2D eigenvalue weighted by atomic mass is 9.72. The van der Waals surface area contributed by atoms with Gasteiger partial charge in [0.05, 0.1) is 0 Å². The summed E-state index contributed by atoms with van der Waals surface area (Å²) in [6.07, 6.45) is 4.87. The van der Waals surface area contributed by atoms with E-state index in [4.69, 9.17) is 13.3 Å². The number of rotatable bonds is 4. The van der Waals surface area contributed by atoms with Crippen LogP contribution in [0.1, 0.15) is 46.5 Å². The van der Waals surface area contributed by atoms with Crippen molar-refractivity contribution in [1.82, 2.24) is 0 Å². The molecule has 3 nitrogen and oxygen atoms in total. The molecular weight excluding hydrogens is 232 g/mol. The third kappa shape index (κ3) is 3.31. The van der Waals surface area contributed by atoms with Gasteiger partial charge in [0.2, 0.25) is 0 Å². The molecule has 0 aliphatic heterocycles. The molecule has 0 radical (unpaired) electrons. The van der Waals surface area contributed by atoms with E-state index in [2.05, 4.69) is 20.8 Å². The maximum Gasteiger partial charge on any atom is 0.503 e. The van der Waals surface area contributed by atoms with Crippen LogP contribution in [0.25, 0.3) is 0 Å². The van der Waals surface area contributed by atoms with Crippen molar-refractivity contribution in [3.63, 3.8) is 0 Å². The molecule has 1 aliphatic rings. The van der Waals surface area contributed by atoms with Crippen molar-refractivity contribution in [3.05, 3.63) is 0 Å². The van der Waals surface area contributed by atoms with Crippen LogP contribution in [-0.2, 0) is 13.3 Å². The molecule has 0 aromatic rings. The molecule has 0 amide bonds. The van der Waals surface area contributed by atoms with Crippen molar-refractivity contribution >= 4 is 8.80 Å². The van der Waals surface area contributed by atoms with Gasteiger partial charge in [-0.1, -0.05) is 20.8 Å². The van der Waals surface area contributed by atoms with E-state index >= 15 is 0 Å². The standard InChI is InChI=1S/C13H28O3Si/c1-13(2,3)11-7-9-12(10-8-11)17(14-4,15-5)16-6/h11-12H,7-10H2,1-6H3. The van der Waals surface area contributed by atoms with Gasteiger partial charge >= 0.3 is 8.80 Å². The third-order valence-electron chi connectivity index (χ3n) is 4.31. The van der Waals surface area contributed by atoms with E-state index < -0.39 is 8.80 Å². The Morgan fingerprint density at radius 2 is 1.24 bits per heavy atom. The number of hydrogen-bond donors (Lipinski definition) is 0. The molecule has 0 atom stereocenters. The minimum absolute atomic E-state index is 0.419. The molecule has 17 heavy (non-hydrogen) atoms. The van der Waals surface area contributed by atoms with Gasteiger partial charge in [0.25, 0.3) is 0 Å².